The lowest BCUT2D eigenvalue weighted by Gasteiger charge is -2.05. The molecule has 1 aliphatic rings. The van der Waals surface area contributed by atoms with Gasteiger partial charge in [-0.1, -0.05) is 11.6 Å². The Morgan fingerprint density at radius 1 is 1.37 bits per heavy atom. The summed E-state index contributed by atoms with van der Waals surface area (Å²) in [5, 5.41) is 6.17. The highest BCUT2D eigenvalue weighted by molar-refractivity contribution is 6.29. The van der Waals surface area contributed by atoms with Crippen LogP contribution in [0, 0.1) is 0 Å². The Bertz CT molecular complexity index is 644. The highest BCUT2D eigenvalue weighted by atomic mass is 35.5. The summed E-state index contributed by atoms with van der Waals surface area (Å²) in [6, 6.07) is 7.13. The van der Waals surface area contributed by atoms with E-state index in [0.29, 0.717) is 10.7 Å². The second-order valence-corrected chi connectivity index (χ2v) is 4.59. The Morgan fingerprint density at radius 3 is 3.11 bits per heavy atom. The number of anilines is 2. The molecule has 0 atom stereocenters. The molecular weight excluding hydrogens is 264 g/mol. The van der Waals surface area contributed by atoms with Gasteiger partial charge in [-0.15, -0.1) is 0 Å². The van der Waals surface area contributed by atoms with Crippen molar-refractivity contribution in [2.75, 3.05) is 17.2 Å². The van der Waals surface area contributed by atoms with Gasteiger partial charge in [0, 0.05) is 24.0 Å². The fourth-order valence-corrected chi connectivity index (χ4v) is 2.15. The van der Waals surface area contributed by atoms with Crippen LogP contribution in [-0.2, 0) is 6.42 Å². The van der Waals surface area contributed by atoms with Gasteiger partial charge in [0.05, 0.1) is 0 Å². The summed E-state index contributed by atoms with van der Waals surface area (Å²) in [5.41, 5.74) is 2.83. The molecule has 6 heteroatoms. The molecule has 19 heavy (non-hydrogen) atoms. The van der Waals surface area contributed by atoms with Crippen molar-refractivity contribution >= 4 is 29.1 Å². The molecule has 0 unspecified atom stereocenters. The van der Waals surface area contributed by atoms with Gasteiger partial charge in [-0.25, -0.2) is 9.97 Å². The fraction of sp³-hybridized carbons (Fsp3) is 0.154. The second kappa shape index (κ2) is 4.85. The van der Waals surface area contributed by atoms with E-state index in [1.54, 1.807) is 12.1 Å². The van der Waals surface area contributed by atoms with Gasteiger partial charge in [0.25, 0.3) is 5.91 Å². The van der Waals surface area contributed by atoms with Crippen molar-refractivity contribution in [3.05, 3.63) is 46.7 Å². The quantitative estimate of drug-likeness (QED) is 0.825. The van der Waals surface area contributed by atoms with Crippen molar-refractivity contribution in [1.29, 1.82) is 0 Å². The number of carbonyl (C=O) groups excluding carboxylic acids is 1. The van der Waals surface area contributed by atoms with Gasteiger partial charge in [0.15, 0.2) is 0 Å². The number of amides is 1. The molecule has 2 aromatic rings. The van der Waals surface area contributed by atoms with E-state index in [4.69, 9.17) is 11.6 Å². The van der Waals surface area contributed by atoms with E-state index < -0.39 is 0 Å². The zero-order valence-corrected chi connectivity index (χ0v) is 10.7. The number of aromatic nitrogens is 2. The standard InChI is InChI=1S/C13H11ClN4O/c14-11-4-6-16-13(17-11)18-12(19)9-1-2-10-8(7-9)3-5-15-10/h1-2,4,6-7,15H,3,5H2,(H,16,17,18,19). The summed E-state index contributed by atoms with van der Waals surface area (Å²) >= 11 is 5.74. The predicted octanol–water partition coefficient (Wildman–Crippen LogP) is 2.35. The summed E-state index contributed by atoms with van der Waals surface area (Å²) in [7, 11) is 0. The van der Waals surface area contributed by atoms with E-state index >= 15 is 0 Å². The maximum absolute atomic E-state index is 12.1. The molecule has 1 aromatic carbocycles. The number of carbonyl (C=O) groups is 1. The maximum atomic E-state index is 12.1. The van der Waals surface area contributed by atoms with Gasteiger partial charge < -0.3 is 5.32 Å². The lowest BCUT2D eigenvalue weighted by molar-refractivity contribution is 0.102. The van der Waals surface area contributed by atoms with E-state index in [0.717, 1.165) is 24.2 Å². The fourth-order valence-electron chi connectivity index (χ4n) is 2.02. The minimum atomic E-state index is -0.239. The number of halogens is 1. The Morgan fingerprint density at radius 2 is 2.26 bits per heavy atom. The molecule has 0 radical (unpaired) electrons. The van der Waals surface area contributed by atoms with Gasteiger partial charge in [-0.05, 0) is 36.2 Å². The number of hydrogen-bond donors (Lipinski definition) is 2. The summed E-state index contributed by atoms with van der Waals surface area (Å²) < 4.78 is 0. The zero-order chi connectivity index (χ0) is 13.2. The highest BCUT2D eigenvalue weighted by Crippen LogP contribution is 2.23. The SMILES string of the molecule is O=C(Nc1nccc(Cl)n1)c1ccc2c(c1)CCN2. The first kappa shape index (κ1) is 11.9. The average Bonchev–Trinajstić information content (AvgIpc) is 2.85. The minimum Gasteiger partial charge on any atom is -0.384 e. The third-order valence-electron chi connectivity index (χ3n) is 2.92. The molecule has 2 N–H and O–H groups in total. The third kappa shape index (κ3) is 2.51. The first-order valence-corrected chi connectivity index (χ1v) is 6.27. The monoisotopic (exact) mass is 274 g/mol. The molecule has 96 valence electrons. The summed E-state index contributed by atoms with van der Waals surface area (Å²) in [5.74, 6) is -0.0342. The molecule has 1 aromatic heterocycles. The van der Waals surface area contributed by atoms with Crippen LogP contribution in [0.4, 0.5) is 11.6 Å². The third-order valence-corrected chi connectivity index (χ3v) is 3.13. The average molecular weight is 275 g/mol. The van der Waals surface area contributed by atoms with E-state index in [9.17, 15) is 4.79 Å². The van der Waals surface area contributed by atoms with Gasteiger partial charge >= 0.3 is 0 Å². The minimum absolute atomic E-state index is 0.205. The van der Waals surface area contributed by atoms with Crippen LogP contribution in [0.2, 0.25) is 5.15 Å². The molecule has 1 amide bonds. The topological polar surface area (TPSA) is 66.9 Å². The maximum Gasteiger partial charge on any atom is 0.258 e. The summed E-state index contributed by atoms with van der Waals surface area (Å²) in [4.78, 5) is 19.9. The molecule has 0 saturated carbocycles. The molecule has 5 nitrogen and oxygen atoms in total. The molecule has 3 rings (SSSR count). The lowest BCUT2D eigenvalue weighted by Crippen LogP contribution is -2.14. The van der Waals surface area contributed by atoms with Crippen molar-refractivity contribution < 1.29 is 4.79 Å². The van der Waals surface area contributed by atoms with Crippen LogP contribution in [0.15, 0.2) is 30.5 Å². The van der Waals surface area contributed by atoms with Crippen molar-refractivity contribution in [3.8, 4) is 0 Å². The summed E-state index contributed by atoms with van der Waals surface area (Å²) in [6.07, 6.45) is 2.43. The van der Waals surface area contributed by atoms with Crippen LogP contribution in [0.5, 0.6) is 0 Å². The number of benzene rings is 1. The number of hydrogen-bond acceptors (Lipinski definition) is 4. The van der Waals surface area contributed by atoms with Crippen LogP contribution in [-0.4, -0.2) is 22.4 Å². The molecule has 0 spiro atoms. The van der Waals surface area contributed by atoms with E-state index in [1.165, 1.54) is 6.20 Å². The van der Waals surface area contributed by atoms with Crippen LogP contribution in [0.1, 0.15) is 15.9 Å². The van der Waals surface area contributed by atoms with Crippen LogP contribution >= 0.6 is 11.6 Å². The van der Waals surface area contributed by atoms with Crippen molar-refractivity contribution in [2.24, 2.45) is 0 Å². The molecule has 0 bridgehead atoms. The molecular formula is C13H11ClN4O. The highest BCUT2D eigenvalue weighted by Gasteiger charge is 2.14. The van der Waals surface area contributed by atoms with E-state index in [-0.39, 0.29) is 11.9 Å². The smallest absolute Gasteiger partial charge is 0.258 e. The largest absolute Gasteiger partial charge is 0.384 e. The number of nitrogens with one attached hydrogen (secondary N) is 2. The van der Waals surface area contributed by atoms with Gasteiger partial charge in [0.1, 0.15) is 5.15 Å². The van der Waals surface area contributed by atoms with Gasteiger partial charge in [0.2, 0.25) is 5.95 Å². The molecule has 0 aliphatic carbocycles. The predicted molar refractivity (Wildman–Crippen MR) is 73.6 cm³/mol. The molecule has 2 heterocycles. The molecule has 0 fully saturated rings. The van der Waals surface area contributed by atoms with Crippen LogP contribution in [0.25, 0.3) is 0 Å². The van der Waals surface area contributed by atoms with Crippen LogP contribution < -0.4 is 10.6 Å². The lowest BCUT2D eigenvalue weighted by atomic mass is 10.1. The molecule has 0 saturated heterocycles. The molecule has 1 aliphatic heterocycles. The number of rotatable bonds is 2. The Labute approximate surface area is 115 Å². The normalized spacial score (nSPS) is 12.7. The van der Waals surface area contributed by atoms with Crippen LogP contribution in [0.3, 0.4) is 0 Å². The van der Waals surface area contributed by atoms with Gasteiger partial charge in [-0.3, -0.25) is 10.1 Å². The van der Waals surface area contributed by atoms with E-state index in [1.807, 2.05) is 12.1 Å². The number of nitrogens with zero attached hydrogens (tertiary/aromatic N) is 2. The Balaban J connectivity index is 1.81. The second-order valence-electron chi connectivity index (χ2n) is 4.21. The summed E-state index contributed by atoms with van der Waals surface area (Å²) in [6.45, 7) is 0.914. The van der Waals surface area contributed by atoms with Crippen molar-refractivity contribution in [2.45, 2.75) is 6.42 Å². The Hall–Kier alpha value is -2.14. The van der Waals surface area contributed by atoms with E-state index in [2.05, 4.69) is 20.6 Å². The van der Waals surface area contributed by atoms with Gasteiger partial charge in [-0.2, -0.15) is 0 Å². The van der Waals surface area contributed by atoms with Crippen molar-refractivity contribution in [1.82, 2.24) is 9.97 Å². The first-order chi connectivity index (χ1) is 9.22. The zero-order valence-electron chi connectivity index (χ0n) is 9.98. The number of fused-ring (bicyclic) bond motifs is 1. The Kier molecular flexibility index (Phi) is 3.05. The van der Waals surface area contributed by atoms with Crippen molar-refractivity contribution in [3.63, 3.8) is 0 Å². The first-order valence-electron chi connectivity index (χ1n) is 5.89.